The molecule has 0 spiro atoms. The Labute approximate surface area is 148 Å². The highest BCUT2D eigenvalue weighted by Gasteiger charge is 2.27. The smallest absolute Gasteiger partial charge is 0.217 e. The van der Waals surface area contributed by atoms with Crippen molar-refractivity contribution in [3.05, 3.63) is 30.0 Å². The van der Waals surface area contributed by atoms with Gasteiger partial charge in [-0.15, -0.1) is 12.4 Å². The molecule has 0 amide bonds. The molecular formula is C16H24ClN3O3S. The lowest BCUT2D eigenvalue weighted by atomic mass is 9.84. The molecule has 1 heterocycles. The number of fused-ring (bicyclic) bond motifs is 1. The maximum Gasteiger partial charge on any atom is 0.217 e. The van der Waals surface area contributed by atoms with Gasteiger partial charge in [0.15, 0.2) is 5.58 Å². The largest absolute Gasteiger partial charge is 0.356 e. The third-order valence-electron chi connectivity index (χ3n) is 4.58. The summed E-state index contributed by atoms with van der Waals surface area (Å²) in [6, 6.07) is 7.07. The van der Waals surface area contributed by atoms with Crippen molar-refractivity contribution in [2.75, 3.05) is 6.54 Å². The first-order valence-corrected chi connectivity index (χ1v) is 9.77. The van der Waals surface area contributed by atoms with E-state index in [0.717, 1.165) is 31.1 Å². The van der Waals surface area contributed by atoms with Crippen LogP contribution in [0.5, 0.6) is 0 Å². The lowest BCUT2D eigenvalue weighted by Crippen LogP contribution is -2.46. The monoisotopic (exact) mass is 373 g/mol. The number of halogens is 1. The van der Waals surface area contributed by atoms with Gasteiger partial charge in [0.25, 0.3) is 0 Å². The Kier molecular flexibility index (Phi) is 6.62. The number of nitrogens with two attached hydrogens (primary N) is 1. The molecule has 1 aromatic heterocycles. The van der Waals surface area contributed by atoms with Crippen LogP contribution in [0.2, 0.25) is 0 Å². The molecule has 0 radical (unpaired) electrons. The van der Waals surface area contributed by atoms with Gasteiger partial charge in [-0.25, -0.2) is 13.1 Å². The molecule has 1 aliphatic carbocycles. The molecule has 1 fully saturated rings. The summed E-state index contributed by atoms with van der Waals surface area (Å²) in [6.07, 6.45) is 5.60. The number of nitrogens with zero attached hydrogens (tertiary/aromatic N) is 1. The van der Waals surface area contributed by atoms with Gasteiger partial charge in [0.2, 0.25) is 10.0 Å². The van der Waals surface area contributed by atoms with E-state index in [0.29, 0.717) is 23.7 Å². The SMILES string of the molecule is Cl.NCC(NS(=O)(=O)Cc1noc2ccccc12)C1CCCCC1. The molecule has 1 saturated carbocycles. The second-order valence-corrected chi connectivity index (χ2v) is 8.00. The molecule has 1 aliphatic rings. The first kappa shape index (κ1) is 19.2. The quantitative estimate of drug-likeness (QED) is 0.810. The number of sulfonamides is 1. The lowest BCUT2D eigenvalue weighted by molar-refractivity contribution is 0.294. The zero-order valence-corrected chi connectivity index (χ0v) is 15.1. The molecule has 134 valence electrons. The van der Waals surface area contributed by atoms with Gasteiger partial charge >= 0.3 is 0 Å². The van der Waals surface area contributed by atoms with Crippen LogP contribution in [0.3, 0.4) is 0 Å². The van der Waals surface area contributed by atoms with Crippen molar-refractivity contribution >= 4 is 33.4 Å². The van der Waals surface area contributed by atoms with Crippen LogP contribution in [0.25, 0.3) is 11.0 Å². The molecule has 1 unspecified atom stereocenters. The molecular weight excluding hydrogens is 350 g/mol. The lowest BCUT2D eigenvalue weighted by Gasteiger charge is -2.29. The summed E-state index contributed by atoms with van der Waals surface area (Å²) in [6.45, 7) is 0.323. The van der Waals surface area contributed by atoms with Crippen LogP contribution in [0.15, 0.2) is 28.8 Å². The number of aromatic nitrogens is 1. The van der Waals surface area contributed by atoms with Gasteiger partial charge in [-0.2, -0.15) is 0 Å². The number of para-hydroxylation sites is 1. The van der Waals surface area contributed by atoms with Crippen molar-refractivity contribution in [1.82, 2.24) is 9.88 Å². The van der Waals surface area contributed by atoms with Crippen molar-refractivity contribution < 1.29 is 12.9 Å². The number of rotatable bonds is 6. The standard InChI is InChI=1S/C16H23N3O3S.ClH/c17-10-14(12-6-2-1-3-7-12)19-23(20,21)11-15-13-8-4-5-9-16(13)22-18-15;/h4-5,8-9,12,14,19H,1-3,6-7,10-11,17H2;1H. The zero-order chi connectivity index (χ0) is 16.3. The van der Waals surface area contributed by atoms with Crippen LogP contribution in [0.1, 0.15) is 37.8 Å². The summed E-state index contributed by atoms with van der Waals surface area (Å²) in [4.78, 5) is 0. The Morgan fingerprint density at radius 1 is 1.25 bits per heavy atom. The highest BCUT2D eigenvalue weighted by Crippen LogP contribution is 2.27. The molecule has 3 N–H and O–H groups in total. The molecule has 24 heavy (non-hydrogen) atoms. The first-order chi connectivity index (χ1) is 11.1. The van der Waals surface area contributed by atoms with E-state index in [1.165, 1.54) is 6.42 Å². The minimum atomic E-state index is -3.51. The van der Waals surface area contributed by atoms with E-state index in [-0.39, 0.29) is 24.2 Å². The predicted molar refractivity (Wildman–Crippen MR) is 96.4 cm³/mol. The Morgan fingerprint density at radius 2 is 1.96 bits per heavy atom. The Hall–Kier alpha value is -1.15. The second-order valence-electron chi connectivity index (χ2n) is 6.24. The van der Waals surface area contributed by atoms with Gasteiger partial charge in [-0.05, 0) is 30.9 Å². The van der Waals surface area contributed by atoms with Gasteiger partial charge in [0.05, 0.1) is 0 Å². The normalized spacial score (nSPS) is 17.5. The van der Waals surface area contributed by atoms with Gasteiger partial charge in [0.1, 0.15) is 11.4 Å². The van der Waals surface area contributed by atoms with E-state index < -0.39 is 10.0 Å². The van der Waals surface area contributed by atoms with Crippen LogP contribution in [0, 0.1) is 5.92 Å². The second kappa shape index (κ2) is 8.29. The molecule has 0 aliphatic heterocycles. The fourth-order valence-electron chi connectivity index (χ4n) is 3.37. The van der Waals surface area contributed by atoms with E-state index in [1.807, 2.05) is 18.2 Å². The van der Waals surface area contributed by atoms with Gasteiger partial charge in [-0.3, -0.25) is 0 Å². The summed E-state index contributed by atoms with van der Waals surface area (Å²) in [5.41, 5.74) is 6.85. The molecule has 6 nitrogen and oxygen atoms in total. The average Bonchev–Trinajstić information content (AvgIpc) is 2.96. The number of nitrogens with one attached hydrogen (secondary N) is 1. The predicted octanol–water partition coefficient (Wildman–Crippen LogP) is 2.58. The zero-order valence-electron chi connectivity index (χ0n) is 13.5. The molecule has 8 heteroatoms. The van der Waals surface area contributed by atoms with Gasteiger partial charge < -0.3 is 10.3 Å². The van der Waals surface area contributed by atoms with Crippen molar-refractivity contribution in [3.63, 3.8) is 0 Å². The van der Waals surface area contributed by atoms with Crippen LogP contribution < -0.4 is 10.5 Å². The number of benzene rings is 1. The molecule has 0 saturated heterocycles. The number of hydrogen-bond acceptors (Lipinski definition) is 5. The van der Waals surface area contributed by atoms with Crippen LogP contribution >= 0.6 is 12.4 Å². The third kappa shape index (κ3) is 4.47. The fourth-order valence-corrected chi connectivity index (χ4v) is 4.77. The molecule has 1 atom stereocenters. The molecule has 3 rings (SSSR count). The van der Waals surface area contributed by atoms with Gasteiger partial charge in [0, 0.05) is 18.0 Å². The summed E-state index contributed by atoms with van der Waals surface area (Å²) >= 11 is 0. The van der Waals surface area contributed by atoms with E-state index in [2.05, 4.69) is 9.88 Å². The Bertz CT molecular complexity index is 757. The fraction of sp³-hybridized carbons (Fsp3) is 0.562. The van der Waals surface area contributed by atoms with E-state index >= 15 is 0 Å². The minimum Gasteiger partial charge on any atom is -0.356 e. The minimum absolute atomic E-state index is 0. The van der Waals surface area contributed by atoms with Gasteiger partial charge in [-0.1, -0.05) is 36.6 Å². The van der Waals surface area contributed by atoms with Crippen molar-refractivity contribution in [2.24, 2.45) is 11.7 Å². The molecule has 0 bridgehead atoms. The van der Waals surface area contributed by atoms with E-state index in [1.54, 1.807) is 6.07 Å². The van der Waals surface area contributed by atoms with Crippen molar-refractivity contribution in [3.8, 4) is 0 Å². The Balaban J connectivity index is 0.00000208. The van der Waals surface area contributed by atoms with Crippen LogP contribution in [-0.2, 0) is 15.8 Å². The summed E-state index contributed by atoms with van der Waals surface area (Å²) < 4.78 is 33.0. The number of hydrogen-bond donors (Lipinski definition) is 2. The molecule has 1 aromatic carbocycles. The summed E-state index contributed by atoms with van der Waals surface area (Å²) in [5.74, 6) is 0.144. The maximum atomic E-state index is 12.5. The van der Waals surface area contributed by atoms with Crippen LogP contribution in [0.4, 0.5) is 0 Å². The summed E-state index contributed by atoms with van der Waals surface area (Å²) in [5, 5.41) is 4.64. The highest BCUT2D eigenvalue weighted by atomic mass is 35.5. The average molecular weight is 374 g/mol. The Morgan fingerprint density at radius 3 is 2.67 bits per heavy atom. The van der Waals surface area contributed by atoms with E-state index in [4.69, 9.17) is 10.3 Å². The summed E-state index contributed by atoms with van der Waals surface area (Å²) in [7, 11) is -3.51. The first-order valence-electron chi connectivity index (χ1n) is 8.12. The van der Waals surface area contributed by atoms with E-state index in [9.17, 15) is 8.42 Å². The van der Waals surface area contributed by atoms with Crippen molar-refractivity contribution in [2.45, 2.75) is 43.9 Å². The topological polar surface area (TPSA) is 98.2 Å². The van der Waals surface area contributed by atoms with Crippen LogP contribution in [-0.4, -0.2) is 26.2 Å². The third-order valence-corrected chi connectivity index (χ3v) is 5.90. The maximum absolute atomic E-state index is 12.5. The highest BCUT2D eigenvalue weighted by molar-refractivity contribution is 7.88. The molecule has 2 aromatic rings. The van der Waals surface area contributed by atoms with Crippen molar-refractivity contribution in [1.29, 1.82) is 0 Å².